The Morgan fingerprint density at radius 1 is 1.00 bits per heavy atom. The molecule has 22 heavy (non-hydrogen) atoms. The molecule has 0 bridgehead atoms. The van der Waals surface area contributed by atoms with Crippen molar-refractivity contribution >= 4 is 28.4 Å². The minimum Gasteiger partial charge on any atom is -0.871 e. The van der Waals surface area contributed by atoms with Gasteiger partial charge in [-0.2, -0.15) is 0 Å². The molecule has 0 aliphatic carbocycles. The van der Waals surface area contributed by atoms with Crippen LogP contribution in [0.4, 0.5) is 11.4 Å². The molecule has 0 atom stereocenters. The Hall–Kier alpha value is -3.21. The highest BCUT2D eigenvalue weighted by atomic mass is 16.6. The third kappa shape index (κ3) is 2.64. The Morgan fingerprint density at radius 2 is 1.77 bits per heavy atom. The van der Waals surface area contributed by atoms with Crippen LogP contribution < -0.4 is 5.11 Å². The van der Waals surface area contributed by atoms with E-state index in [1.165, 1.54) is 12.1 Å². The van der Waals surface area contributed by atoms with Crippen molar-refractivity contribution in [3.05, 3.63) is 76.3 Å². The number of nitro groups is 1. The lowest BCUT2D eigenvalue weighted by Gasteiger charge is -2.08. The van der Waals surface area contributed by atoms with Crippen LogP contribution in [0, 0.1) is 10.1 Å². The number of nitrogens with zero attached hydrogens (tertiary/aromatic N) is 2. The van der Waals surface area contributed by atoms with Crippen molar-refractivity contribution < 1.29 is 10.0 Å². The van der Waals surface area contributed by atoms with E-state index in [0.717, 1.165) is 22.4 Å². The molecule has 0 fully saturated rings. The highest BCUT2D eigenvalue weighted by Gasteiger charge is 2.06. The SMILES string of the molecule is O=[N+]([O-])c1ccc([O-])c(N=Cc2cccc3ccccc23)c1. The van der Waals surface area contributed by atoms with E-state index in [1.54, 1.807) is 6.21 Å². The molecular weight excluding hydrogens is 280 g/mol. The maximum Gasteiger partial charge on any atom is 0.271 e. The number of aliphatic imine (C=N–C) groups is 1. The van der Waals surface area contributed by atoms with Crippen LogP contribution >= 0.6 is 0 Å². The standard InChI is InChI=1S/C17H12N2O3/c20-17-9-8-14(19(21)22)10-16(17)18-11-13-6-3-5-12-4-1-2-7-15(12)13/h1-11,20H/p-1. The molecule has 0 spiro atoms. The average Bonchev–Trinajstić information content (AvgIpc) is 2.54. The third-order valence-corrected chi connectivity index (χ3v) is 3.32. The van der Waals surface area contributed by atoms with Gasteiger partial charge in [-0.25, -0.2) is 0 Å². The lowest BCUT2D eigenvalue weighted by Crippen LogP contribution is -1.93. The normalized spacial score (nSPS) is 11.1. The lowest BCUT2D eigenvalue weighted by molar-refractivity contribution is -0.385. The van der Waals surface area contributed by atoms with Gasteiger partial charge in [-0.3, -0.25) is 15.1 Å². The van der Waals surface area contributed by atoms with Crippen molar-refractivity contribution in [2.45, 2.75) is 0 Å². The Labute approximate surface area is 126 Å². The smallest absolute Gasteiger partial charge is 0.271 e. The average molecular weight is 291 g/mol. The van der Waals surface area contributed by atoms with Crippen molar-refractivity contribution in [2.75, 3.05) is 0 Å². The fraction of sp³-hybridized carbons (Fsp3) is 0. The molecule has 0 heterocycles. The summed E-state index contributed by atoms with van der Waals surface area (Å²) in [5.41, 5.74) is 0.760. The van der Waals surface area contributed by atoms with Gasteiger partial charge in [0.15, 0.2) is 0 Å². The van der Waals surface area contributed by atoms with E-state index in [2.05, 4.69) is 4.99 Å². The second-order valence-corrected chi connectivity index (χ2v) is 4.74. The van der Waals surface area contributed by atoms with Crippen molar-refractivity contribution in [1.82, 2.24) is 0 Å². The van der Waals surface area contributed by atoms with Gasteiger partial charge in [0.25, 0.3) is 5.69 Å². The Bertz CT molecular complexity index is 883. The van der Waals surface area contributed by atoms with Crippen LogP contribution in [0.3, 0.4) is 0 Å². The summed E-state index contributed by atoms with van der Waals surface area (Å²) in [5.74, 6) is -0.345. The zero-order valence-corrected chi connectivity index (χ0v) is 11.5. The maximum atomic E-state index is 11.7. The molecule has 5 heteroatoms. The zero-order chi connectivity index (χ0) is 15.5. The molecule has 0 amide bonds. The Morgan fingerprint density at radius 3 is 2.59 bits per heavy atom. The third-order valence-electron chi connectivity index (χ3n) is 3.32. The molecule has 108 valence electrons. The lowest BCUT2D eigenvalue weighted by atomic mass is 10.1. The van der Waals surface area contributed by atoms with Crippen LogP contribution in [-0.4, -0.2) is 11.1 Å². The number of rotatable bonds is 3. The molecule has 3 aromatic rings. The molecule has 0 saturated heterocycles. The van der Waals surface area contributed by atoms with Crippen molar-refractivity contribution in [2.24, 2.45) is 4.99 Å². The predicted molar refractivity (Wildman–Crippen MR) is 83.7 cm³/mol. The van der Waals surface area contributed by atoms with Gasteiger partial charge < -0.3 is 5.11 Å². The molecule has 0 saturated carbocycles. The van der Waals surface area contributed by atoms with Crippen molar-refractivity contribution in [1.29, 1.82) is 0 Å². The molecule has 5 nitrogen and oxygen atoms in total. The fourth-order valence-electron chi connectivity index (χ4n) is 2.22. The first kappa shape index (κ1) is 13.8. The Kier molecular flexibility index (Phi) is 3.53. The first-order chi connectivity index (χ1) is 10.6. The molecule has 0 radical (unpaired) electrons. The van der Waals surface area contributed by atoms with Gasteiger partial charge in [-0.05, 0) is 10.8 Å². The predicted octanol–water partition coefficient (Wildman–Crippen LogP) is 3.57. The summed E-state index contributed by atoms with van der Waals surface area (Å²) in [5, 5.41) is 24.6. The van der Waals surface area contributed by atoms with E-state index < -0.39 is 4.92 Å². The van der Waals surface area contributed by atoms with E-state index in [1.807, 2.05) is 42.5 Å². The number of nitro benzene ring substituents is 1. The highest BCUT2D eigenvalue weighted by molar-refractivity contribution is 6.00. The van der Waals surface area contributed by atoms with Crippen LogP contribution in [0.15, 0.2) is 65.7 Å². The Balaban J connectivity index is 2.03. The zero-order valence-electron chi connectivity index (χ0n) is 11.5. The highest BCUT2D eigenvalue weighted by Crippen LogP contribution is 2.28. The van der Waals surface area contributed by atoms with E-state index in [4.69, 9.17) is 0 Å². The van der Waals surface area contributed by atoms with E-state index >= 15 is 0 Å². The quantitative estimate of drug-likeness (QED) is 0.420. The second-order valence-electron chi connectivity index (χ2n) is 4.74. The summed E-state index contributed by atoms with van der Waals surface area (Å²) in [6, 6.07) is 17.1. The summed E-state index contributed by atoms with van der Waals surface area (Å²) < 4.78 is 0. The number of fused-ring (bicyclic) bond motifs is 1. The summed E-state index contributed by atoms with van der Waals surface area (Å²) in [7, 11) is 0. The molecule has 0 aliphatic rings. The summed E-state index contributed by atoms with van der Waals surface area (Å²) in [4.78, 5) is 14.3. The van der Waals surface area contributed by atoms with Gasteiger partial charge in [0.2, 0.25) is 0 Å². The molecule has 0 unspecified atom stereocenters. The van der Waals surface area contributed by atoms with Gasteiger partial charge in [-0.15, -0.1) is 0 Å². The van der Waals surface area contributed by atoms with Gasteiger partial charge >= 0.3 is 0 Å². The van der Waals surface area contributed by atoms with Crippen LogP contribution in [-0.2, 0) is 0 Å². The first-order valence-corrected chi connectivity index (χ1v) is 6.62. The van der Waals surface area contributed by atoms with Gasteiger partial charge in [-0.1, -0.05) is 54.3 Å². The minimum absolute atomic E-state index is 0.0575. The summed E-state index contributed by atoms with van der Waals surface area (Å²) in [6.45, 7) is 0. The molecule has 3 rings (SSSR count). The van der Waals surface area contributed by atoms with Gasteiger partial charge in [0.05, 0.1) is 10.6 Å². The largest absolute Gasteiger partial charge is 0.871 e. The monoisotopic (exact) mass is 291 g/mol. The molecular formula is C17H11N2O3-. The van der Waals surface area contributed by atoms with E-state index in [9.17, 15) is 15.2 Å². The van der Waals surface area contributed by atoms with E-state index in [0.29, 0.717) is 0 Å². The number of non-ortho nitro benzene ring substituents is 1. The molecule has 3 aromatic carbocycles. The number of hydrogen-bond donors (Lipinski definition) is 0. The van der Waals surface area contributed by atoms with Crippen molar-refractivity contribution in [3.63, 3.8) is 0 Å². The minimum atomic E-state index is -0.545. The molecule has 0 aromatic heterocycles. The molecule has 0 aliphatic heterocycles. The molecule has 0 N–H and O–H groups in total. The second kappa shape index (κ2) is 5.65. The maximum absolute atomic E-state index is 11.7. The summed E-state index contributed by atoms with van der Waals surface area (Å²) >= 11 is 0. The van der Waals surface area contributed by atoms with E-state index in [-0.39, 0.29) is 17.1 Å². The topological polar surface area (TPSA) is 78.6 Å². The number of hydrogen-bond acceptors (Lipinski definition) is 4. The first-order valence-electron chi connectivity index (χ1n) is 6.62. The fourth-order valence-corrected chi connectivity index (χ4v) is 2.22. The summed E-state index contributed by atoms with van der Waals surface area (Å²) in [6.07, 6.45) is 1.56. The van der Waals surface area contributed by atoms with Gasteiger partial charge in [0, 0.05) is 23.9 Å². The van der Waals surface area contributed by atoms with Gasteiger partial charge in [0.1, 0.15) is 0 Å². The van der Waals surface area contributed by atoms with Crippen LogP contribution in [0.2, 0.25) is 0 Å². The number of benzene rings is 3. The van der Waals surface area contributed by atoms with Crippen LogP contribution in [0.1, 0.15) is 5.56 Å². The van der Waals surface area contributed by atoms with Crippen LogP contribution in [0.25, 0.3) is 10.8 Å². The van der Waals surface area contributed by atoms with Crippen LogP contribution in [0.5, 0.6) is 5.75 Å². The van der Waals surface area contributed by atoms with Crippen molar-refractivity contribution in [3.8, 4) is 5.75 Å².